The molecule has 6 rings (SSSR count). The summed E-state index contributed by atoms with van der Waals surface area (Å²) in [5.74, 6) is -1.71. The normalized spacial score (nSPS) is 16.9. The number of rotatable bonds is 5. The fraction of sp³-hybridized carbons (Fsp3) is 0.294. The Labute approximate surface area is 264 Å². The zero-order valence-electron chi connectivity index (χ0n) is 25.3. The minimum atomic E-state index is -0.725. The van der Waals surface area contributed by atoms with Gasteiger partial charge in [-0.15, -0.1) is 11.8 Å². The molecule has 0 radical (unpaired) electrons. The first-order chi connectivity index (χ1) is 21.6. The van der Waals surface area contributed by atoms with E-state index in [2.05, 4.69) is 0 Å². The third-order valence-corrected chi connectivity index (χ3v) is 9.79. The molecule has 0 unspecified atom stereocenters. The molecular formula is C34H33F2N5O3S. The van der Waals surface area contributed by atoms with Crippen LogP contribution in [0.3, 0.4) is 0 Å². The molecule has 3 amide bonds. The Hall–Kier alpha value is -4.51. The summed E-state index contributed by atoms with van der Waals surface area (Å²) < 4.78 is 31.3. The van der Waals surface area contributed by atoms with Gasteiger partial charge in [-0.2, -0.15) is 5.10 Å². The van der Waals surface area contributed by atoms with Crippen LogP contribution in [0, 0.1) is 25.5 Å². The Kier molecular flexibility index (Phi) is 8.46. The largest absolute Gasteiger partial charge is 0.339 e. The number of carbonyl (C=O) groups is 3. The van der Waals surface area contributed by atoms with Crippen molar-refractivity contribution in [1.82, 2.24) is 19.6 Å². The monoisotopic (exact) mass is 629 g/mol. The highest BCUT2D eigenvalue weighted by molar-refractivity contribution is 8.00. The number of nitrogens with zero attached hydrogens (tertiary/aromatic N) is 5. The van der Waals surface area contributed by atoms with Crippen LogP contribution in [0.5, 0.6) is 0 Å². The number of amides is 3. The van der Waals surface area contributed by atoms with Gasteiger partial charge in [0.05, 0.1) is 22.4 Å². The summed E-state index contributed by atoms with van der Waals surface area (Å²) in [7, 11) is 0. The Morgan fingerprint density at radius 2 is 1.64 bits per heavy atom. The molecular weight excluding hydrogens is 596 g/mol. The lowest BCUT2D eigenvalue weighted by molar-refractivity contribution is -0.137. The molecule has 8 nitrogen and oxygen atoms in total. The van der Waals surface area contributed by atoms with E-state index in [0.717, 1.165) is 28.4 Å². The van der Waals surface area contributed by atoms with E-state index >= 15 is 4.39 Å². The minimum Gasteiger partial charge on any atom is -0.339 e. The summed E-state index contributed by atoms with van der Waals surface area (Å²) >= 11 is 1.23. The molecule has 1 aromatic heterocycles. The molecule has 1 fully saturated rings. The van der Waals surface area contributed by atoms with E-state index in [1.807, 2.05) is 62.4 Å². The first-order valence-electron chi connectivity index (χ1n) is 14.8. The van der Waals surface area contributed by atoms with Crippen molar-refractivity contribution in [3.63, 3.8) is 0 Å². The summed E-state index contributed by atoms with van der Waals surface area (Å²) in [4.78, 5) is 44.5. The number of benzene rings is 3. The van der Waals surface area contributed by atoms with Crippen molar-refractivity contribution in [2.24, 2.45) is 0 Å². The standard InChI is InChI=1S/C34H33F2N5O3S/c1-21-8-7-11-28(22(21)2)41-34-31(32(37-41)24-9-5-4-6-10-24)33(26-13-12-25(35)18-27(26)36)45-20-30(44)40(34)19-29(43)39-16-14-38(15-17-39)23(3)42/h4-13,18,33H,14-17,19-20H2,1-3H3/t33-/m0/s1. The molecule has 232 valence electrons. The molecule has 0 N–H and O–H groups in total. The number of fused-ring (bicyclic) bond motifs is 1. The van der Waals surface area contributed by atoms with E-state index in [9.17, 15) is 18.8 Å². The zero-order chi connectivity index (χ0) is 31.8. The van der Waals surface area contributed by atoms with Gasteiger partial charge >= 0.3 is 0 Å². The fourth-order valence-electron chi connectivity index (χ4n) is 5.93. The lowest BCUT2D eigenvalue weighted by atomic mass is 9.99. The predicted molar refractivity (Wildman–Crippen MR) is 170 cm³/mol. The van der Waals surface area contributed by atoms with Gasteiger partial charge in [0, 0.05) is 55.9 Å². The molecule has 1 atom stereocenters. The zero-order valence-corrected chi connectivity index (χ0v) is 26.1. The molecule has 1 saturated heterocycles. The van der Waals surface area contributed by atoms with Gasteiger partial charge in [-0.3, -0.25) is 19.3 Å². The highest BCUT2D eigenvalue weighted by atomic mass is 32.2. The molecule has 3 aromatic carbocycles. The molecule has 4 aromatic rings. The van der Waals surface area contributed by atoms with Crippen LogP contribution < -0.4 is 4.90 Å². The number of thioether (sulfide) groups is 1. The van der Waals surface area contributed by atoms with E-state index in [1.165, 1.54) is 35.7 Å². The van der Waals surface area contributed by atoms with Crippen LogP contribution >= 0.6 is 11.8 Å². The molecule has 0 spiro atoms. The molecule has 0 bridgehead atoms. The molecule has 0 saturated carbocycles. The number of hydrogen-bond donors (Lipinski definition) is 0. The van der Waals surface area contributed by atoms with Crippen LogP contribution in [0.1, 0.15) is 34.4 Å². The molecule has 2 aliphatic heterocycles. The SMILES string of the molecule is CC(=O)N1CCN(C(=O)CN2C(=O)CS[C@@H](c3ccc(F)cc3F)c3c(-c4ccccc4)nn(-c4cccc(C)c4C)c32)CC1. The number of aromatic nitrogens is 2. The van der Waals surface area contributed by atoms with Crippen molar-refractivity contribution >= 4 is 35.3 Å². The van der Waals surface area contributed by atoms with E-state index in [-0.39, 0.29) is 35.6 Å². The van der Waals surface area contributed by atoms with E-state index < -0.39 is 16.9 Å². The van der Waals surface area contributed by atoms with Crippen LogP contribution in [0.2, 0.25) is 0 Å². The molecule has 11 heteroatoms. The number of anilines is 1. The number of hydrogen-bond acceptors (Lipinski definition) is 5. The highest BCUT2D eigenvalue weighted by Gasteiger charge is 2.39. The number of halogens is 2. The smallest absolute Gasteiger partial charge is 0.242 e. The molecule has 3 heterocycles. The maximum absolute atomic E-state index is 15.5. The van der Waals surface area contributed by atoms with Crippen molar-refractivity contribution in [2.45, 2.75) is 26.0 Å². The summed E-state index contributed by atoms with van der Waals surface area (Å²) in [6.07, 6.45) is 0. The van der Waals surface area contributed by atoms with Gasteiger partial charge in [-0.05, 0) is 37.1 Å². The predicted octanol–water partition coefficient (Wildman–Crippen LogP) is 5.29. The average Bonchev–Trinajstić information content (AvgIpc) is 3.35. The lowest BCUT2D eigenvalue weighted by Crippen LogP contribution is -2.53. The van der Waals surface area contributed by atoms with Gasteiger partial charge in [0.25, 0.3) is 0 Å². The van der Waals surface area contributed by atoms with Gasteiger partial charge in [0.2, 0.25) is 17.7 Å². The fourth-order valence-corrected chi connectivity index (χ4v) is 7.15. The summed E-state index contributed by atoms with van der Waals surface area (Å²) in [5.41, 5.74) is 4.75. The van der Waals surface area contributed by atoms with Crippen molar-refractivity contribution < 1.29 is 23.2 Å². The van der Waals surface area contributed by atoms with Crippen LogP contribution in [-0.2, 0) is 14.4 Å². The lowest BCUT2D eigenvalue weighted by Gasteiger charge is -2.35. The number of piperazine rings is 1. The average molecular weight is 630 g/mol. The maximum Gasteiger partial charge on any atom is 0.242 e. The summed E-state index contributed by atoms with van der Waals surface area (Å²) in [6, 6.07) is 18.7. The van der Waals surface area contributed by atoms with Gasteiger partial charge in [-0.1, -0.05) is 48.5 Å². The van der Waals surface area contributed by atoms with E-state index in [1.54, 1.807) is 14.5 Å². The second-order valence-corrected chi connectivity index (χ2v) is 12.4. The van der Waals surface area contributed by atoms with Gasteiger partial charge in [-0.25, -0.2) is 13.5 Å². The Morgan fingerprint density at radius 1 is 0.933 bits per heavy atom. The Balaban J connectivity index is 1.56. The van der Waals surface area contributed by atoms with Crippen molar-refractivity contribution in [1.29, 1.82) is 0 Å². The van der Waals surface area contributed by atoms with Crippen molar-refractivity contribution in [3.05, 3.63) is 101 Å². The van der Waals surface area contributed by atoms with E-state index in [0.29, 0.717) is 43.3 Å². The highest BCUT2D eigenvalue weighted by Crippen LogP contribution is 2.49. The number of aryl methyl sites for hydroxylation is 1. The number of carbonyl (C=O) groups excluding carboxylic acids is 3. The summed E-state index contributed by atoms with van der Waals surface area (Å²) in [5, 5.41) is 4.35. The topological polar surface area (TPSA) is 78.8 Å². The second-order valence-electron chi connectivity index (χ2n) is 11.3. The quantitative estimate of drug-likeness (QED) is 0.300. The molecule has 0 aliphatic carbocycles. The molecule has 45 heavy (non-hydrogen) atoms. The van der Waals surface area contributed by atoms with Gasteiger partial charge < -0.3 is 9.80 Å². The van der Waals surface area contributed by atoms with Crippen LogP contribution in [0.15, 0.2) is 66.7 Å². The van der Waals surface area contributed by atoms with E-state index in [4.69, 9.17) is 5.10 Å². The van der Waals surface area contributed by atoms with Gasteiger partial charge in [0.1, 0.15) is 24.0 Å². The Morgan fingerprint density at radius 3 is 2.33 bits per heavy atom. The first kappa shape index (κ1) is 30.5. The second kappa shape index (κ2) is 12.5. The van der Waals surface area contributed by atoms with Crippen molar-refractivity contribution in [3.8, 4) is 16.9 Å². The first-order valence-corrected chi connectivity index (χ1v) is 15.8. The van der Waals surface area contributed by atoms with Crippen LogP contribution in [-0.4, -0.2) is 75.8 Å². The summed E-state index contributed by atoms with van der Waals surface area (Å²) in [6.45, 7) is 6.75. The van der Waals surface area contributed by atoms with Crippen LogP contribution in [0.25, 0.3) is 16.9 Å². The Bertz CT molecular complexity index is 1790. The third-order valence-electron chi connectivity index (χ3n) is 8.56. The third kappa shape index (κ3) is 5.84. The molecule has 2 aliphatic rings. The maximum atomic E-state index is 15.5. The minimum absolute atomic E-state index is 0.0391. The van der Waals surface area contributed by atoms with Crippen molar-refractivity contribution in [2.75, 3.05) is 43.4 Å². The van der Waals surface area contributed by atoms with Crippen LogP contribution in [0.4, 0.5) is 14.6 Å². The van der Waals surface area contributed by atoms with Gasteiger partial charge in [0.15, 0.2) is 0 Å².